The summed E-state index contributed by atoms with van der Waals surface area (Å²) in [4.78, 5) is 69.6. The van der Waals surface area contributed by atoms with E-state index in [1.54, 1.807) is 21.3 Å². The molecule has 8 amide bonds. The van der Waals surface area contributed by atoms with Gasteiger partial charge < -0.3 is 10.2 Å². The number of urea groups is 2. The lowest BCUT2D eigenvalue weighted by Gasteiger charge is -2.35. The average molecular weight is 328 g/mol. The number of carbonyl (C=O) groups excluding carboxylic acids is 6. The highest BCUT2D eigenvalue weighted by Crippen LogP contribution is 2.29. The molecule has 6 N–H and O–H groups in total. The van der Waals surface area contributed by atoms with Crippen LogP contribution in [-0.2, 0) is 19.2 Å². The van der Waals surface area contributed by atoms with E-state index < -0.39 is 66.2 Å². The number of rotatable bonds is 4. The van der Waals surface area contributed by atoms with Crippen LogP contribution in [0.15, 0.2) is 0 Å². The first-order valence-electron chi connectivity index (χ1n) is 6.36. The van der Waals surface area contributed by atoms with Crippen molar-refractivity contribution in [3.05, 3.63) is 0 Å². The second-order valence-electron chi connectivity index (χ2n) is 4.90. The molecule has 2 aliphatic rings. The SMILES string of the molecule is O=C1NC(=O)C(C(C(O)CO)C2C(=O)NC(=O)NC2=O)C(=O)N1. The van der Waals surface area contributed by atoms with Crippen LogP contribution < -0.4 is 21.3 Å². The van der Waals surface area contributed by atoms with E-state index in [1.807, 2.05) is 0 Å². The van der Waals surface area contributed by atoms with E-state index in [9.17, 15) is 33.9 Å². The third-order valence-electron chi connectivity index (χ3n) is 3.48. The van der Waals surface area contributed by atoms with Crippen LogP contribution in [0.3, 0.4) is 0 Å². The standard InChI is InChI=1S/C11H12N4O8/c16-1-2(17)3(4-6(18)12-10(22)13-7(4)19)5-8(20)14-11(23)15-9(5)21/h2-5,16-17H,1H2,(H2,12,13,18,19,22)(H2,14,15,20,21,23). The van der Waals surface area contributed by atoms with E-state index >= 15 is 0 Å². The van der Waals surface area contributed by atoms with Crippen molar-refractivity contribution in [1.82, 2.24) is 21.3 Å². The van der Waals surface area contributed by atoms with Crippen molar-refractivity contribution in [2.75, 3.05) is 6.61 Å². The summed E-state index contributed by atoms with van der Waals surface area (Å²) in [5.41, 5.74) is 0. The molecular formula is C11H12N4O8. The maximum absolute atomic E-state index is 11.9. The van der Waals surface area contributed by atoms with E-state index in [2.05, 4.69) is 0 Å². The lowest BCUT2D eigenvalue weighted by molar-refractivity contribution is -0.149. The van der Waals surface area contributed by atoms with Gasteiger partial charge in [-0.2, -0.15) is 0 Å². The van der Waals surface area contributed by atoms with E-state index in [-0.39, 0.29) is 0 Å². The van der Waals surface area contributed by atoms with Crippen LogP contribution >= 0.6 is 0 Å². The van der Waals surface area contributed by atoms with Crippen LogP contribution in [0.1, 0.15) is 0 Å². The minimum Gasteiger partial charge on any atom is -0.394 e. The Labute approximate surface area is 127 Å². The molecule has 0 aromatic heterocycles. The summed E-state index contributed by atoms with van der Waals surface area (Å²) in [6.45, 7) is -0.972. The summed E-state index contributed by atoms with van der Waals surface area (Å²) >= 11 is 0. The van der Waals surface area contributed by atoms with Crippen molar-refractivity contribution in [3.8, 4) is 0 Å². The van der Waals surface area contributed by atoms with Gasteiger partial charge in [-0.3, -0.25) is 40.4 Å². The third kappa shape index (κ3) is 3.02. The number of carbonyl (C=O) groups is 6. The molecule has 0 radical (unpaired) electrons. The molecule has 0 aromatic carbocycles. The van der Waals surface area contributed by atoms with Gasteiger partial charge in [0.2, 0.25) is 23.6 Å². The molecule has 12 heteroatoms. The predicted octanol–water partition coefficient (Wildman–Crippen LogP) is -4.08. The third-order valence-corrected chi connectivity index (χ3v) is 3.48. The number of barbiturate groups is 2. The Kier molecular flexibility index (Phi) is 4.38. The molecule has 2 aliphatic heterocycles. The van der Waals surface area contributed by atoms with Crippen molar-refractivity contribution in [2.24, 2.45) is 17.8 Å². The Morgan fingerprint density at radius 3 is 1.30 bits per heavy atom. The molecule has 2 saturated heterocycles. The lowest BCUT2D eigenvalue weighted by atomic mass is 9.75. The molecule has 1 atom stereocenters. The first-order chi connectivity index (χ1) is 10.8. The fraction of sp³-hybridized carbons (Fsp3) is 0.455. The minimum absolute atomic E-state index is 0.972. The highest BCUT2D eigenvalue weighted by atomic mass is 16.3. The molecule has 1 unspecified atom stereocenters. The molecule has 0 aliphatic carbocycles. The van der Waals surface area contributed by atoms with Gasteiger partial charge in [0, 0.05) is 5.92 Å². The van der Waals surface area contributed by atoms with Crippen molar-refractivity contribution in [2.45, 2.75) is 6.10 Å². The Morgan fingerprint density at radius 2 is 1.04 bits per heavy atom. The van der Waals surface area contributed by atoms with Gasteiger partial charge in [0.25, 0.3) is 0 Å². The number of hydrogen-bond donors (Lipinski definition) is 6. The highest BCUT2D eigenvalue weighted by Gasteiger charge is 2.52. The molecule has 2 fully saturated rings. The van der Waals surface area contributed by atoms with Crippen molar-refractivity contribution in [3.63, 3.8) is 0 Å². The number of hydrogen-bond acceptors (Lipinski definition) is 8. The van der Waals surface area contributed by atoms with Gasteiger partial charge in [-0.05, 0) is 0 Å². The first kappa shape index (κ1) is 16.5. The normalized spacial score (nSPS) is 21.7. The van der Waals surface area contributed by atoms with Crippen LogP contribution in [0.2, 0.25) is 0 Å². The van der Waals surface area contributed by atoms with Crippen molar-refractivity contribution < 1.29 is 39.0 Å². The zero-order valence-electron chi connectivity index (χ0n) is 11.4. The van der Waals surface area contributed by atoms with E-state index in [1.165, 1.54) is 0 Å². The van der Waals surface area contributed by atoms with Crippen molar-refractivity contribution >= 4 is 35.7 Å². The molecule has 2 rings (SSSR count). The number of amides is 8. The van der Waals surface area contributed by atoms with Gasteiger partial charge in [-0.25, -0.2) is 9.59 Å². The lowest BCUT2D eigenvalue weighted by Crippen LogP contribution is -2.65. The zero-order chi connectivity index (χ0) is 17.3. The first-order valence-corrected chi connectivity index (χ1v) is 6.36. The molecule has 0 saturated carbocycles. The van der Waals surface area contributed by atoms with Crippen LogP contribution in [-0.4, -0.2) is 58.6 Å². The van der Waals surface area contributed by atoms with Crippen LogP contribution in [0, 0.1) is 17.8 Å². The summed E-state index contributed by atoms with van der Waals surface area (Å²) in [7, 11) is 0. The molecule has 23 heavy (non-hydrogen) atoms. The summed E-state index contributed by atoms with van der Waals surface area (Å²) in [6.07, 6.45) is -1.82. The minimum atomic E-state index is -1.82. The van der Waals surface area contributed by atoms with Gasteiger partial charge >= 0.3 is 12.1 Å². The van der Waals surface area contributed by atoms with Crippen LogP contribution in [0.5, 0.6) is 0 Å². The van der Waals surface area contributed by atoms with E-state index in [4.69, 9.17) is 5.11 Å². The topological polar surface area (TPSA) is 191 Å². The number of aliphatic hydroxyl groups excluding tert-OH is 2. The smallest absolute Gasteiger partial charge is 0.328 e. The van der Waals surface area contributed by atoms with Gasteiger partial charge in [0.05, 0.1) is 12.7 Å². The molecule has 0 bridgehead atoms. The van der Waals surface area contributed by atoms with Crippen LogP contribution in [0.4, 0.5) is 9.59 Å². The average Bonchev–Trinajstić information content (AvgIpc) is 2.42. The molecule has 124 valence electrons. The second kappa shape index (κ2) is 6.10. The number of imide groups is 4. The summed E-state index contributed by atoms with van der Waals surface area (Å²) < 4.78 is 0. The Morgan fingerprint density at radius 1 is 0.739 bits per heavy atom. The van der Waals surface area contributed by atoms with E-state index in [0.717, 1.165) is 0 Å². The van der Waals surface area contributed by atoms with E-state index in [0.29, 0.717) is 0 Å². The van der Waals surface area contributed by atoms with Gasteiger partial charge in [-0.15, -0.1) is 0 Å². The largest absolute Gasteiger partial charge is 0.394 e. The zero-order valence-corrected chi connectivity index (χ0v) is 11.4. The van der Waals surface area contributed by atoms with Gasteiger partial charge in [0.1, 0.15) is 11.8 Å². The monoisotopic (exact) mass is 328 g/mol. The summed E-state index contributed by atoms with van der Waals surface area (Å²) in [5, 5.41) is 26.0. The molecule has 0 spiro atoms. The molecular weight excluding hydrogens is 316 g/mol. The second-order valence-corrected chi connectivity index (χ2v) is 4.90. The maximum atomic E-state index is 11.9. The number of aliphatic hydroxyl groups is 2. The number of nitrogens with one attached hydrogen (secondary N) is 4. The Hall–Kier alpha value is -2.86. The fourth-order valence-corrected chi connectivity index (χ4v) is 2.52. The molecule has 2 heterocycles. The molecule has 0 aromatic rings. The Balaban J connectivity index is 2.41. The van der Waals surface area contributed by atoms with Gasteiger partial charge in [0.15, 0.2) is 0 Å². The van der Waals surface area contributed by atoms with Crippen molar-refractivity contribution in [1.29, 1.82) is 0 Å². The van der Waals surface area contributed by atoms with Crippen LogP contribution in [0.25, 0.3) is 0 Å². The summed E-state index contributed by atoms with van der Waals surface area (Å²) in [6, 6.07) is -2.19. The predicted molar refractivity (Wildman–Crippen MR) is 66.9 cm³/mol. The van der Waals surface area contributed by atoms with Gasteiger partial charge in [-0.1, -0.05) is 0 Å². The quantitative estimate of drug-likeness (QED) is 0.280. The fourth-order valence-electron chi connectivity index (χ4n) is 2.52. The summed E-state index contributed by atoms with van der Waals surface area (Å²) in [5.74, 6) is -9.87. The Bertz CT molecular complexity index is 529. The maximum Gasteiger partial charge on any atom is 0.328 e. The molecule has 12 nitrogen and oxygen atoms in total. The highest BCUT2D eigenvalue weighted by molar-refractivity contribution is 6.19.